The second kappa shape index (κ2) is 5.98. The maximum Gasteiger partial charge on any atom is 0.312 e. The minimum absolute atomic E-state index is 0.194. The van der Waals surface area contributed by atoms with Gasteiger partial charge in [0, 0.05) is 19.7 Å². The molecule has 1 heterocycles. The second-order valence-corrected chi connectivity index (χ2v) is 4.90. The number of rotatable bonds is 5. The first-order valence-electron chi connectivity index (χ1n) is 6.31. The molecule has 4 nitrogen and oxygen atoms in total. The molecule has 1 fully saturated rings. The molecule has 1 aliphatic heterocycles. The van der Waals surface area contributed by atoms with Crippen molar-refractivity contribution in [3.8, 4) is 0 Å². The Morgan fingerprint density at radius 1 is 1.39 bits per heavy atom. The number of hydrogen-bond donors (Lipinski definition) is 2. The van der Waals surface area contributed by atoms with Gasteiger partial charge >= 0.3 is 5.97 Å². The molecule has 0 spiro atoms. The van der Waals surface area contributed by atoms with Gasteiger partial charge in [-0.25, -0.2) is 0 Å². The normalized spacial score (nSPS) is 21.9. The number of likely N-dealkylation sites (tertiary alicyclic amines) is 1. The van der Waals surface area contributed by atoms with Gasteiger partial charge in [-0.15, -0.1) is 0 Å². The summed E-state index contributed by atoms with van der Waals surface area (Å²) in [7, 11) is 0. The molecular formula is C14H19NO3. The largest absolute Gasteiger partial charge is 0.481 e. The van der Waals surface area contributed by atoms with Crippen LogP contribution in [0.1, 0.15) is 17.9 Å². The van der Waals surface area contributed by atoms with E-state index in [9.17, 15) is 9.90 Å². The number of hydrogen-bond acceptors (Lipinski definition) is 3. The Kier molecular flexibility index (Phi) is 4.33. The topological polar surface area (TPSA) is 60.8 Å². The minimum atomic E-state index is -0.784. The maximum absolute atomic E-state index is 11.4. The molecular weight excluding hydrogens is 230 g/mol. The predicted molar refractivity (Wildman–Crippen MR) is 68.5 cm³/mol. The highest BCUT2D eigenvalue weighted by atomic mass is 16.4. The SMILES string of the molecule is O=C(O)C(CN1CCC(CO)C1)c1ccccc1. The van der Waals surface area contributed by atoms with E-state index in [4.69, 9.17) is 5.11 Å². The fourth-order valence-electron chi connectivity index (χ4n) is 2.50. The van der Waals surface area contributed by atoms with Crippen LogP contribution in [0.25, 0.3) is 0 Å². The van der Waals surface area contributed by atoms with Crippen molar-refractivity contribution >= 4 is 5.97 Å². The smallest absolute Gasteiger partial charge is 0.312 e. The van der Waals surface area contributed by atoms with Crippen LogP contribution < -0.4 is 0 Å². The van der Waals surface area contributed by atoms with Crippen LogP contribution in [0.5, 0.6) is 0 Å². The third kappa shape index (κ3) is 3.09. The number of carbonyl (C=O) groups is 1. The molecule has 98 valence electrons. The highest BCUT2D eigenvalue weighted by Crippen LogP contribution is 2.22. The number of nitrogens with zero attached hydrogens (tertiary/aromatic N) is 1. The summed E-state index contributed by atoms with van der Waals surface area (Å²) in [5, 5.41) is 18.4. The van der Waals surface area contributed by atoms with Gasteiger partial charge < -0.3 is 15.1 Å². The number of carboxylic acids is 1. The molecule has 1 saturated heterocycles. The predicted octanol–water partition coefficient (Wildman–Crippen LogP) is 1.17. The van der Waals surface area contributed by atoms with Crippen LogP contribution in [0.2, 0.25) is 0 Å². The third-order valence-corrected chi connectivity index (χ3v) is 3.57. The molecule has 0 amide bonds. The van der Waals surface area contributed by atoms with E-state index in [1.807, 2.05) is 30.3 Å². The lowest BCUT2D eigenvalue weighted by atomic mass is 9.99. The van der Waals surface area contributed by atoms with Crippen LogP contribution >= 0.6 is 0 Å². The van der Waals surface area contributed by atoms with Crippen LogP contribution in [0.4, 0.5) is 0 Å². The van der Waals surface area contributed by atoms with E-state index >= 15 is 0 Å². The summed E-state index contributed by atoms with van der Waals surface area (Å²) in [5.74, 6) is -0.965. The van der Waals surface area contributed by atoms with E-state index in [-0.39, 0.29) is 6.61 Å². The summed E-state index contributed by atoms with van der Waals surface area (Å²) in [6.45, 7) is 2.39. The molecule has 2 atom stereocenters. The zero-order valence-electron chi connectivity index (χ0n) is 10.3. The molecule has 1 aliphatic rings. The Bertz CT molecular complexity index is 393. The standard InChI is InChI=1S/C14H19NO3/c16-10-11-6-7-15(8-11)9-13(14(17)18)12-4-2-1-3-5-12/h1-5,11,13,16H,6-10H2,(H,17,18). The molecule has 0 saturated carbocycles. The monoisotopic (exact) mass is 249 g/mol. The van der Waals surface area contributed by atoms with Crippen LogP contribution in [-0.4, -0.2) is 47.3 Å². The molecule has 2 rings (SSSR count). The van der Waals surface area contributed by atoms with Crippen molar-refractivity contribution in [1.29, 1.82) is 0 Å². The van der Waals surface area contributed by atoms with Crippen molar-refractivity contribution in [2.45, 2.75) is 12.3 Å². The second-order valence-electron chi connectivity index (χ2n) is 4.90. The summed E-state index contributed by atoms with van der Waals surface area (Å²) in [5.41, 5.74) is 0.845. The van der Waals surface area contributed by atoms with E-state index < -0.39 is 11.9 Å². The van der Waals surface area contributed by atoms with Crippen LogP contribution in [0, 0.1) is 5.92 Å². The van der Waals surface area contributed by atoms with Crippen molar-refractivity contribution in [3.05, 3.63) is 35.9 Å². The van der Waals surface area contributed by atoms with E-state index in [1.54, 1.807) is 0 Å². The fraction of sp³-hybridized carbons (Fsp3) is 0.500. The third-order valence-electron chi connectivity index (χ3n) is 3.57. The van der Waals surface area contributed by atoms with E-state index in [0.717, 1.165) is 25.1 Å². The molecule has 0 radical (unpaired) electrons. The number of carboxylic acid groups (broad SMARTS) is 1. The van der Waals surface area contributed by atoms with Crippen LogP contribution in [0.3, 0.4) is 0 Å². The lowest BCUT2D eigenvalue weighted by molar-refractivity contribution is -0.139. The lowest BCUT2D eigenvalue weighted by Crippen LogP contribution is -2.30. The molecule has 2 unspecified atom stereocenters. The van der Waals surface area contributed by atoms with Gasteiger partial charge in [-0.1, -0.05) is 30.3 Å². The molecule has 0 aromatic heterocycles. The Balaban J connectivity index is 2.02. The highest BCUT2D eigenvalue weighted by molar-refractivity contribution is 5.76. The maximum atomic E-state index is 11.4. The van der Waals surface area contributed by atoms with Gasteiger partial charge in [0.05, 0.1) is 5.92 Å². The molecule has 18 heavy (non-hydrogen) atoms. The zero-order valence-corrected chi connectivity index (χ0v) is 10.3. The van der Waals surface area contributed by atoms with Gasteiger partial charge in [0.2, 0.25) is 0 Å². The van der Waals surface area contributed by atoms with Gasteiger partial charge in [-0.3, -0.25) is 4.79 Å². The molecule has 1 aromatic rings. The molecule has 1 aromatic carbocycles. The van der Waals surface area contributed by atoms with E-state index in [2.05, 4.69) is 4.90 Å². The van der Waals surface area contributed by atoms with Gasteiger partial charge in [-0.05, 0) is 24.4 Å². The van der Waals surface area contributed by atoms with Crippen molar-refractivity contribution in [3.63, 3.8) is 0 Å². The molecule has 4 heteroatoms. The average Bonchev–Trinajstić information content (AvgIpc) is 2.84. The van der Waals surface area contributed by atoms with Gasteiger partial charge in [0.25, 0.3) is 0 Å². The minimum Gasteiger partial charge on any atom is -0.481 e. The Morgan fingerprint density at radius 2 is 2.11 bits per heavy atom. The first-order valence-corrected chi connectivity index (χ1v) is 6.31. The Hall–Kier alpha value is -1.39. The van der Waals surface area contributed by atoms with Crippen molar-refractivity contribution in [2.24, 2.45) is 5.92 Å². The average molecular weight is 249 g/mol. The molecule has 0 bridgehead atoms. The van der Waals surface area contributed by atoms with Crippen LogP contribution in [-0.2, 0) is 4.79 Å². The summed E-state index contributed by atoms with van der Waals surface area (Å²) in [4.78, 5) is 13.5. The Labute approximate surface area is 107 Å². The summed E-state index contributed by atoms with van der Waals surface area (Å²) >= 11 is 0. The summed E-state index contributed by atoms with van der Waals surface area (Å²) < 4.78 is 0. The van der Waals surface area contributed by atoms with Gasteiger partial charge in [0.15, 0.2) is 0 Å². The van der Waals surface area contributed by atoms with Crippen LogP contribution in [0.15, 0.2) is 30.3 Å². The Morgan fingerprint density at radius 3 is 2.67 bits per heavy atom. The summed E-state index contributed by atoms with van der Waals surface area (Å²) in [6.07, 6.45) is 0.956. The van der Waals surface area contributed by atoms with E-state index in [0.29, 0.717) is 12.5 Å². The quantitative estimate of drug-likeness (QED) is 0.822. The number of aliphatic carboxylic acids is 1. The van der Waals surface area contributed by atoms with Crippen molar-refractivity contribution < 1.29 is 15.0 Å². The summed E-state index contributed by atoms with van der Waals surface area (Å²) in [6, 6.07) is 9.34. The van der Waals surface area contributed by atoms with Gasteiger partial charge in [0.1, 0.15) is 0 Å². The van der Waals surface area contributed by atoms with Crippen molar-refractivity contribution in [1.82, 2.24) is 4.90 Å². The first kappa shape index (κ1) is 13.1. The van der Waals surface area contributed by atoms with E-state index in [1.165, 1.54) is 0 Å². The molecule has 0 aliphatic carbocycles. The highest BCUT2D eigenvalue weighted by Gasteiger charge is 2.27. The van der Waals surface area contributed by atoms with Gasteiger partial charge in [-0.2, -0.15) is 0 Å². The van der Waals surface area contributed by atoms with Crippen molar-refractivity contribution in [2.75, 3.05) is 26.2 Å². The lowest BCUT2D eigenvalue weighted by Gasteiger charge is -2.21. The number of benzene rings is 1. The molecule has 2 N–H and O–H groups in total. The number of aliphatic hydroxyl groups excluding tert-OH is 1. The fourth-order valence-corrected chi connectivity index (χ4v) is 2.50. The first-order chi connectivity index (χ1) is 8.70. The zero-order chi connectivity index (χ0) is 13.0. The number of aliphatic hydroxyl groups is 1.